The Kier molecular flexibility index (Phi) is 4.42. The molecule has 0 N–H and O–H groups in total. The molecular formula is C19H17FO3. The molecule has 0 saturated heterocycles. The van der Waals surface area contributed by atoms with Gasteiger partial charge in [0.05, 0.1) is 0 Å². The van der Waals surface area contributed by atoms with Crippen LogP contribution < -0.4 is 10.4 Å². The lowest BCUT2D eigenvalue weighted by Crippen LogP contribution is -2.01. The number of ether oxygens (including phenoxy) is 1. The number of fused-ring (bicyclic) bond motifs is 1. The standard InChI is InChI=1S/C19H17FO3/c1-2-3-14-10-19(21)23-18-11-16(8-9-17(14)18)22-12-13-4-6-15(20)7-5-13/h4-11H,2-3,12H2,1H3. The van der Waals surface area contributed by atoms with Gasteiger partial charge in [-0.15, -0.1) is 0 Å². The molecule has 23 heavy (non-hydrogen) atoms. The van der Waals surface area contributed by atoms with E-state index in [4.69, 9.17) is 9.15 Å². The molecule has 0 radical (unpaired) electrons. The third-order valence-electron chi connectivity index (χ3n) is 3.64. The van der Waals surface area contributed by atoms with Crippen LogP contribution in [-0.2, 0) is 13.0 Å². The van der Waals surface area contributed by atoms with Crippen molar-refractivity contribution in [2.45, 2.75) is 26.4 Å². The largest absolute Gasteiger partial charge is 0.489 e. The lowest BCUT2D eigenvalue weighted by Gasteiger charge is -2.08. The topological polar surface area (TPSA) is 39.4 Å². The zero-order chi connectivity index (χ0) is 16.2. The molecule has 3 aromatic rings. The van der Waals surface area contributed by atoms with E-state index in [-0.39, 0.29) is 11.4 Å². The first kappa shape index (κ1) is 15.3. The van der Waals surface area contributed by atoms with E-state index < -0.39 is 0 Å². The van der Waals surface area contributed by atoms with Crippen molar-refractivity contribution >= 4 is 11.0 Å². The molecule has 1 heterocycles. The molecule has 0 aliphatic heterocycles. The fraction of sp³-hybridized carbons (Fsp3) is 0.211. The predicted octanol–water partition coefficient (Wildman–Crippen LogP) is 4.46. The Balaban J connectivity index is 1.85. The average Bonchev–Trinajstić information content (AvgIpc) is 2.54. The maximum absolute atomic E-state index is 12.9. The average molecular weight is 312 g/mol. The van der Waals surface area contributed by atoms with E-state index in [0.29, 0.717) is 17.9 Å². The fourth-order valence-electron chi connectivity index (χ4n) is 2.52. The van der Waals surface area contributed by atoms with Crippen LogP contribution in [0.15, 0.2) is 57.7 Å². The van der Waals surface area contributed by atoms with Crippen LogP contribution in [0, 0.1) is 5.82 Å². The summed E-state index contributed by atoms with van der Waals surface area (Å²) in [5.41, 5.74) is 2.03. The Morgan fingerprint density at radius 1 is 1.09 bits per heavy atom. The number of aryl methyl sites for hydroxylation is 1. The van der Waals surface area contributed by atoms with E-state index in [0.717, 1.165) is 29.4 Å². The normalized spacial score (nSPS) is 10.9. The second-order valence-corrected chi connectivity index (χ2v) is 5.41. The summed E-state index contributed by atoms with van der Waals surface area (Å²) in [6.07, 6.45) is 1.79. The van der Waals surface area contributed by atoms with Gasteiger partial charge in [-0.3, -0.25) is 0 Å². The minimum Gasteiger partial charge on any atom is -0.489 e. The molecule has 0 aliphatic carbocycles. The van der Waals surface area contributed by atoms with E-state index in [2.05, 4.69) is 6.92 Å². The first-order chi connectivity index (χ1) is 11.2. The van der Waals surface area contributed by atoms with Gasteiger partial charge in [0.2, 0.25) is 0 Å². The minimum absolute atomic E-state index is 0.273. The maximum Gasteiger partial charge on any atom is 0.336 e. The molecule has 1 aromatic heterocycles. The van der Waals surface area contributed by atoms with Crippen molar-refractivity contribution in [1.82, 2.24) is 0 Å². The first-order valence-electron chi connectivity index (χ1n) is 7.60. The van der Waals surface area contributed by atoms with Gasteiger partial charge in [0, 0.05) is 17.5 Å². The highest BCUT2D eigenvalue weighted by Crippen LogP contribution is 2.24. The molecule has 0 unspecified atom stereocenters. The van der Waals surface area contributed by atoms with E-state index in [1.807, 2.05) is 12.1 Å². The number of rotatable bonds is 5. The Hall–Kier alpha value is -2.62. The highest BCUT2D eigenvalue weighted by Gasteiger charge is 2.07. The van der Waals surface area contributed by atoms with E-state index in [1.54, 1.807) is 24.3 Å². The van der Waals surface area contributed by atoms with Crippen molar-refractivity contribution in [3.63, 3.8) is 0 Å². The van der Waals surface area contributed by atoms with Crippen LogP contribution in [0.1, 0.15) is 24.5 Å². The second kappa shape index (κ2) is 6.65. The Morgan fingerprint density at radius 2 is 1.87 bits per heavy atom. The van der Waals surface area contributed by atoms with Gasteiger partial charge in [0.25, 0.3) is 0 Å². The van der Waals surface area contributed by atoms with Crippen LogP contribution in [0.2, 0.25) is 0 Å². The summed E-state index contributed by atoms with van der Waals surface area (Å²) in [4.78, 5) is 11.7. The summed E-state index contributed by atoms with van der Waals surface area (Å²) in [5, 5.41) is 0.931. The summed E-state index contributed by atoms with van der Waals surface area (Å²) in [6.45, 7) is 2.39. The number of benzene rings is 2. The molecule has 4 heteroatoms. The van der Waals surface area contributed by atoms with Crippen LogP contribution >= 0.6 is 0 Å². The lowest BCUT2D eigenvalue weighted by atomic mass is 10.1. The van der Waals surface area contributed by atoms with Crippen LogP contribution in [0.4, 0.5) is 4.39 Å². The summed E-state index contributed by atoms with van der Waals surface area (Å²) in [5.74, 6) is 0.336. The molecule has 0 saturated carbocycles. The number of halogens is 1. The molecule has 0 amide bonds. The van der Waals surface area contributed by atoms with Crippen molar-refractivity contribution < 1.29 is 13.5 Å². The molecule has 3 nitrogen and oxygen atoms in total. The maximum atomic E-state index is 12.9. The van der Waals surface area contributed by atoms with Gasteiger partial charge in [0.15, 0.2) is 0 Å². The summed E-state index contributed by atoms with van der Waals surface area (Å²) in [7, 11) is 0. The molecule has 2 aromatic carbocycles. The monoisotopic (exact) mass is 312 g/mol. The van der Waals surface area contributed by atoms with Crippen LogP contribution in [-0.4, -0.2) is 0 Å². The molecule has 0 bridgehead atoms. The highest BCUT2D eigenvalue weighted by molar-refractivity contribution is 5.81. The highest BCUT2D eigenvalue weighted by atomic mass is 19.1. The van der Waals surface area contributed by atoms with Crippen molar-refractivity contribution in [3.8, 4) is 5.75 Å². The molecule has 0 fully saturated rings. The van der Waals surface area contributed by atoms with Crippen LogP contribution in [0.3, 0.4) is 0 Å². The van der Waals surface area contributed by atoms with Gasteiger partial charge >= 0.3 is 5.63 Å². The zero-order valence-electron chi connectivity index (χ0n) is 12.8. The first-order valence-corrected chi connectivity index (χ1v) is 7.60. The van der Waals surface area contributed by atoms with Crippen molar-refractivity contribution in [3.05, 3.63) is 75.9 Å². The van der Waals surface area contributed by atoms with Crippen LogP contribution in [0.5, 0.6) is 5.75 Å². The third-order valence-corrected chi connectivity index (χ3v) is 3.64. The third kappa shape index (κ3) is 3.59. The number of hydrogen-bond acceptors (Lipinski definition) is 3. The van der Waals surface area contributed by atoms with Crippen LogP contribution in [0.25, 0.3) is 11.0 Å². The Morgan fingerprint density at radius 3 is 2.61 bits per heavy atom. The Bertz CT molecular complexity index is 866. The SMILES string of the molecule is CCCc1cc(=O)oc2cc(OCc3ccc(F)cc3)ccc12. The second-order valence-electron chi connectivity index (χ2n) is 5.41. The summed E-state index contributed by atoms with van der Waals surface area (Å²) >= 11 is 0. The van der Waals surface area contributed by atoms with Gasteiger partial charge in [0.1, 0.15) is 23.8 Å². The van der Waals surface area contributed by atoms with E-state index in [9.17, 15) is 9.18 Å². The van der Waals surface area contributed by atoms with Gasteiger partial charge < -0.3 is 9.15 Å². The molecule has 0 aliphatic rings. The molecule has 118 valence electrons. The molecule has 0 spiro atoms. The molecule has 3 rings (SSSR count). The molecular weight excluding hydrogens is 295 g/mol. The van der Waals surface area contributed by atoms with Gasteiger partial charge in [-0.2, -0.15) is 0 Å². The molecule has 0 atom stereocenters. The predicted molar refractivity (Wildman–Crippen MR) is 87.2 cm³/mol. The number of hydrogen-bond donors (Lipinski definition) is 0. The zero-order valence-corrected chi connectivity index (χ0v) is 12.8. The van der Waals surface area contributed by atoms with Crippen molar-refractivity contribution in [2.24, 2.45) is 0 Å². The summed E-state index contributed by atoms with van der Waals surface area (Å²) in [6, 6.07) is 13.2. The smallest absolute Gasteiger partial charge is 0.336 e. The quantitative estimate of drug-likeness (QED) is 0.653. The van der Waals surface area contributed by atoms with Gasteiger partial charge in [-0.05, 0) is 41.8 Å². The van der Waals surface area contributed by atoms with Gasteiger partial charge in [-0.25, -0.2) is 9.18 Å². The van der Waals surface area contributed by atoms with Crippen molar-refractivity contribution in [1.29, 1.82) is 0 Å². The van der Waals surface area contributed by atoms with E-state index in [1.165, 1.54) is 12.1 Å². The van der Waals surface area contributed by atoms with E-state index >= 15 is 0 Å². The lowest BCUT2D eigenvalue weighted by molar-refractivity contribution is 0.306. The Labute approximate surface area is 133 Å². The minimum atomic E-state index is -0.350. The fourth-order valence-corrected chi connectivity index (χ4v) is 2.52. The van der Waals surface area contributed by atoms with Crippen molar-refractivity contribution in [2.75, 3.05) is 0 Å². The summed E-state index contributed by atoms with van der Waals surface area (Å²) < 4.78 is 23.8. The van der Waals surface area contributed by atoms with Gasteiger partial charge in [-0.1, -0.05) is 25.5 Å².